The van der Waals surface area contributed by atoms with Crippen LogP contribution in [0.2, 0.25) is 0 Å². The average Bonchev–Trinajstić information content (AvgIpc) is 2.26. The van der Waals surface area contributed by atoms with E-state index in [0.717, 1.165) is 19.0 Å². The van der Waals surface area contributed by atoms with Crippen molar-refractivity contribution in [2.24, 2.45) is 17.8 Å². The van der Waals surface area contributed by atoms with Crippen molar-refractivity contribution in [3.8, 4) is 0 Å². The van der Waals surface area contributed by atoms with Crippen LogP contribution in [0.5, 0.6) is 0 Å². The Morgan fingerprint density at radius 3 is 2.71 bits per heavy atom. The highest BCUT2D eigenvalue weighted by atomic mass is 35.5. The Kier molecular flexibility index (Phi) is 8.61. The van der Waals surface area contributed by atoms with Crippen molar-refractivity contribution in [1.82, 2.24) is 10.6 Å². The fraction of sp³-hybridized carbons (Fsp3) is 0.923. The number of rotatable bonds is 5. The average molecular weight is 263 g/mol. The smallest absolute Gasteiger partial charge is 0.224 e. The summed E-state index contributed by atoms with van der Waals surface area (Å²) in [7, 11) is 1.88. The normalized spacial score (nSPS) is 25.8. The number of carbonyl (C=O) groups excluding carboxylic acids is 1. The van der Waals surface area contributed by atoms with E-state index in [4.69, 9.17) is 0 Å². The second-order valence-electron chi connectivity index (χ2n) is 5.34. The third-order valence-corrected chi connectivity index (χ3v) is 3.57. The van der Waals surface area contributed by atoms with E-state index in [1.54, 1.807) is 0 Å². The zero-order valence-electron chi connectivity index (χ0n) is 11.3. The van der Waals surface area contributed by atoms with Crippen molar-refractivity contribution in [2.45, 2.75) is 39.5 Å². The predicted octanol–water partition coefficient (Wildman–Crippen LogP) is 2.21. The van der Waals surface area contributed by atoms with Gasteiger partial charge in [-0.05, 0) is 31.7 Å². The van der Waals surface area contributed by atoms with Gasteiger partial charge in [0.2, 0.25) is 5.91 Å². The zero-order chi connectivity index (χ0) is 12.0. The summed E-state index contributed by atoms with van der Waals surface area (Å²) < 4.78 is 0. The molecule has 4 heteroatoms. The Bertz CT molecular complexity index is 223. The second-order valence-corrected chi connectivity index (χ2v) is 5.34. The molecule has 1 fully saturated rings. The Labute approximate surface area is 112 Å². The van der Waals surface area contributed by atoms with Crippen LogP contribution in [0.15, 0.2) is 0 Å². The van der Waals surface area contributed by atoms with Crippen LogP contribution in [0, 0.1) is 17.8 Å². The third kappa shape index (κ3) is 6.27. The van der Waals surface area contributed by atoms with E-state index in [-0.39, 0.29) is 24.2 Å². The number of carbonyl (C=O) groups is 1. The van der Waals surface area contributed by atoms with Crippen LogP contribution in [-0.4, -0.2) is 26.0 Å². The zero-order valence-corrected chi connectivity index (χ0v) is 12.1. The van der Waals surface area contributed by atoms with Crippen LogP contribution in [0.1, 0.15) is 39.5 Å². The minimum absolute atomic E-state index is 0. The van der Waals surface area contributed by atoms with Gasteiger partial charge in [0, 0.05) is 19.0 Å². The molecular weight excluding hydrogens is 236 g/mol. The number of hydrogen-bond donors (Lipinski definition) is 2. The van der Waals surface area contributed by atoms with Crippen molar-refractivity contribution in [3.63, 3.8) is 0 Å². The molecule has 0 saturated heterocycles. The maximum absolute atomic E-state index is 11.7. The number of nitrogens with one attached hydrogen (secondary N) is 2. The molecule has 17 heavy (non-hydrogen) atoms. The van der Waals surface area contributed by atoms with Crippen molar-refractivity contribution < 1.29 is 4.79 Å². The van der Waals surface area contributed by atoms with Crippen LogP contribution in [0.25, 0.3) is 0 Å². The first-order valence-electron chi connectivity index (χ1n) is 6.55. The third-order valence-electron chi connectivity index (χ3n) is 3.57. The molecule has 0 aromatic heterocycles. The summed E-state index contributed by atoms with van der Waals surface area (Å²) in [5.74, 6) is 1.80. The van der Waals surface area contributed by atoms with Crippen LogP contribution in [-0.2, 0) is 4.79 Å². The van der Waals surface area contributed by atoms with Gasteiger partial charge in [-0.1, -0.05) is 26.7 Å². The standard InChI is InChI=1S/C13H26N2O.ClH/c1-10-5-4-6-12(7-10)9-15-13(16)11(2)8-14-3;/h10-12,14H,4-9H2,1-3H3,(H,15,16);1H. The largest absolute Gasteiger partial charge is 0.356 e. The molecule has 1 aliphatic carbocycles. The Morgan fingerprint density at radius 2 is 2.12 bits per heavy atom. The van der Waals surface area contributed by atoms with Crippen LogP contribution < -0.4 is 10.6 Å². The Hall–Kier alpha value is -0.280. The van der Waals surface area contributed by atoms with Crippen LogP contribution in [0.4, 0.5) is 0 Å². The molecule has 0 bridgehead atoms. The van der Waals surface area contributed by atoms with Gasteiger partial charge in [0.05, 0.1) is 0 Å². The quantitative estimate of drug-likeness (QED) is 0.798. The van der Waals surface area contributed by atoms with Gasteiger partial charge in [-0.2, -0.15) is 0 Å². The lowest BCUT2D eigenvalue weighted by atomic mass is 9.82. The molecule has 1 rings (SSSR count). The summed E-state index contributed by atoms with van der Waals surface area (Å²) in [6.07, 6.45) is 5.25. The maximum atomic E-state index is 11.7. The highest BCUT2D eigenvalue weighted by Crippen LogP contribution is 2.27. The summed E-state index contributed by atoms with van der Waals surface area (Å²) in [4.78, 5) is 11.7. The van der Waals surface area contributed by atoms with E-state index in [0.29, 0.717) is 5.92 Å². The van der Waals surface area contributed by atoms with Gasteiger partial charge in [0.25, 0.3) is 0 Å². The highest BCUT2D eigenvalue weighted by molar-refractivity contribution is 5.85. The molecule has 102 valence electrons. The predicted molar refractivity (Wildman–Crippen MR) is 74.5 cm³/mol. The Balaban J connectivity index is 0.00000256. The fourth-order valence-electron chi connectivity index (χ4n) is 2.56. The fourth-order valence-corrected chi connectivity index (χ4v) is 2.56. The van der Waals surface area contributed by atoms with E-state index in [9.17, 15) is 4.79 Å². The molecule has 0 radical (unpaired) electrons. The summed E-state index contributed by atoms with van der Waals surface area (Å²) in [6, 6.07) is 0. The van der Waals surface area contributed by atoms with Crippen molar-refractivity contribution in [3.05, 3.63) is 0 Å². The summed E-state index contributed by atoms with van der Waals surface area (Å²) in [6.45, 7) is 5.91. The minimum atomic E-state index is 0. The molecular formula is C13H27ClN2O. The molecule has 2 N–H and O–H groups in total. The van der Waals surface area contributed by atoms with Gasteiger partial charge in [-0.25, -0.2) is 0 Å². The monoisotopic (exact) mass is 262 g/mol. The summed E-state index contributed by atoms with van der Waals surface area (Å²) in [5.41, 5.74) is 0. The second kappa shape index (κ2) is 8.76. The molecule has 3 atom stereocenters. The molecule has 0 spiro atoms. The topological polar surface area (TPSA) is 41.1 Å². The highest BCUT2D eigenvalue weighted by Gasteiger charge is 2.20. The molecule has 1 saturated carbocycles. The lowest BCUT2D eigenvalue weighted by molar-refractivity contribution is -0.124. The first-order chi connectivity index (χ1) is 7.63. The van der Waals surface area contributed by atoms with Gasteiger partial charge in [-0.15, -0.1) is 12.4 Å². The van der Waals surface area contributed by atoms with E-state index in [1.165, 1.54) is 25.7 Å². The lowest BCUT2D eigenvalue weighted by Crippen LogP contribution is -2.37. The van der Waals surface area contributed by atoms with Gasteiger partial charge >= 0.3 is 0 Å². The Morgan fingerprint density at radius 1 is 1.41 bits per heavy atom. The van der Waals surface area contributed by atoms with Crippen LogP contribution >= 0.6 is 12.4 Å². The molecule has 0 aliphatic heterocycles. The van der Waals surface area contributed by atoms with E-state index >= 15 is 0 Å². The summed E-state index contributed by atoms with van der Waals surface area (Å²) >= 11 is 0. The van der Waals surface area contributed by atoms with E-state index < -0.39 is 0 Å². The first-order valence-corrected chi connectivity index (χ1v) is 6.55. The van der Waals surface area contributed by atoms with Crippen molar-refractivity contribution in [1.29, 1.82) is 0 Å². The van der Waals surface area contributed by atoms with Crippen molar-refractivity contribution >= 4 is 18.3 Å². The summed E-state index contributed by atoms with van der Waals surface area (Å²) in [5, 5.41) is 6.11. The van der Waals surface area contributed by atoms with Gasteiger partial charge < -0.3 is 10.6 Å². The van der Waals surface area contributed by atoms with Gasteiger partial charge in [-0.3, -0.25) is 4.79 Å². The molecule has 0 aromatic rings. The number of amides is 1. The van der Waals surface area contributed by atoms with E-state index in [1.807, 2.05) is 14.0 Å². The maximum Gasteiger partial charge on any atom is 0.224 e. The molecule has 0 heterocycles. The molecule has 1 aliphatic rings. The van der Waals surface area contributed by atoms with Gasteiger partial charge in [0.15, 0.2) is 0 Å². The number of halogens is 1. The minimum Gasteiger partial charge on any atom is -0.356 e. The van der Waals surface area contributed by atoms with Crippen LogP contribution in [0.3, 0.4) is 0 Å². The molecule has 3 unspecified atom stereocenters. The first kappa shape index (κ1) is 16.7. The van der Waals surface area contributed by atoms with Crippen molar-refractivity contribution in [2.75, 3.05) is 20.1 Å². The molecule has 1 amide bonds. The molecule has 3 nitrogen and oxygen atoms in total. The number of hydrogen-bond acceptors (Lipinski definition) is 2. The van der Waals surface area contributed by atoms with E-state index in [2.05, 4.69) is 17.6 Å². The van der Waals surface area contributed by atoms with Gasteiger partial charge in [0.1, 0.15) is 0 Å². The molecule has 0 aromatic carbocycles. The lowest BCUT2D eigenvalue weighted by Gasteiger charge is -2.27. The SMILES string of the molecule is CNCC(C)C(=O)NCC1CCCC(C)C1.Cl.